The van der Waals surface area contributed by atoms with E-state index in [1.165, 1.54) is 0 Å². The van der Waals surface area contributed by atoms with Crippen LogP contribution in [-0.4, -0.2) is 30.7 Å². The number of rotatable bonds is 5. The number of fused-ring (bicyclic) bond motifs is 1. The first kappa shape index (κ1) is 18.1. The van der Waals surface area contributed by atoms with Gasteiger partial charge < -0.3 is 15.3 Å². The van der Waals surface area contributed by atoms with Crippen molar-refractivity contribution >= 4 is 27.5 Å². The van der Waals surface area contributed by atoms with Crippen LogP contribution in [0.3, 0.4) is 0 Å². The molecule has 2 aromatic rings. The zero-order valence-electron chi connectivity index (χ0n) is 14.7. The molecule has 25 heavy (non-hydrogen) atoms. The lowest BCUT2D eigenvalue weighted by Gasteiger charge is -2.33. The maximum atomic E-state index is 13.3. The van der Waals surface area contributed by atoms with E-state index in [0.29, 0.717) is 6.54 Å². The molecule has 3 rings (SSSR count). The van der Waals surface area contributed by atoms with Crippen LogP contribution in [0.4, 0.5) is 5.69 Å². The molecule has 5 heteroatoms. The summed E-state index contributed by atoms with van der Waals surface area (Å²) in [6.45, 7) is 4.27. The second-order valence-electron chi connectivity index (χ2n) is 6.94. The molecule has 0 saturated heterocycles. The molecule has 0 spiro atoms. The van der Waals surface area contributed by atoms with E-state index >= 15 is 0 Å². The molecular formula is C20H23BrN2O2. The van der Waals surface area contributed by atoms with Crippen LogP contribution < -0.4 is 10.2 Å². The van der Waals surface area contributed by atoms with E-state index in [4.69, 9.17) is 0 Å². The third-order valence-electron chi connectivity index (χ3n) is 4.84. The van der Waals surface area contributed by atoms with Crippen molar-refractivity contribution < 1.29 is 9.90 Å². The first-order chi connectivity index (χ1) is 11.9. The molecular weight excluding hydrogens is 380 g/mol. The summed E-state index contributed by atoms with van der Waals surface area (Å²) >= 11 is 3.50. The van der Waals surface area contributed by atoms with Gasteiger partial charge in [0.1, 0.15) is 0 Å². The maximum absolute atomic E-state index is 13.3. The summed E-state index contributed by atoms with van der Waals surface area (Å²) in [4.78, 5) is 15.1. The highest BCUT2D eigenvalue weighted by Gasteiger charge is 2.48. The quantitative estimate of drug-likeness (QED) is 0.805. The van der Waals surface area contributed by atoms with Gasteiger partial charge in [-0.15, -0.1) is 0 Å². The predicted molar refractivity (Wildman–Crippen MR) is 104 cm³/mol. The van der Waals surface area contributed by atoms with Gasteiger partial charge in [-0.05, 0) is 50.2 Å². The van der Waals surface area contributed by atoms with Crippen molar-refractivity contribution in [3.63, 3.8) is 0 Å². The fourth-order valence-corrected chi connectivity index (χ4v) is 3.90. The van der Waals surface area contributed by atoms with Crippen molar-refractivity contribution in [3.05, 3.63) is 64.1 Å². The van der Waals surface area contributed by atoms with Gasteiger partial charge in [-0.25, -0.2) is 0 Å². The Morgan fingerprint density at radius 3 is 2.52 bits per heavy atom. The van der Waals surface area contributed by atoms with Crippen LogP contribution in [0, 0.1) is 0 Å². The number of amides is 1. The maximum Gasteiger partial charge on any atom is 0.237 e. The normalized spacial score (nSPS) is 18.1. The topological polar surface area (TPSA) is 52.6 Å². The number of aliphatic hydroxyl groups excluding tert-OH is 1. The highest BCUT2D eigenvalue weighted by Crippen LogP contribution is 2.47. The lowest BCUT2D eigenvalue weighted by atomic mass is 9.86. The number of aliphatic hydroxyl groups is 1. The van der Waals surface area contributed by atoms with Crippen molar-refractivity contribution in [2.75, 3.05) is 18.5 Å². The van der Waals surface area contributed by atoms with Crippen LogP contribution in [0.2, 0.25) is 0 Å². The van der Waals surface area contributed by atoms with Crippen molar-refractivity contribution in [2.45, 2.75) is 31.4 Å². The Hall–Kier alpha value is -1.69. The fourth-order valence-electron chi connectivity index (χ4n) is 3.54. The van der Waals surface area contributed by atoms with Crippen LogP contribution in [-0.2, 0) is 10.2 Å². The van der Waals surface area contributed by atoms with Crippen LogP contribution in [0.5, 0.6) is 0 Å². The molecule has 1 amide bonds. The van der Waals surface area contributed by atoms with E-state index in [1.54, 1.807) is 11.9 Å². The molecule has 1 aliphatic heterocycles. The van der Waals surface area contributed by atoms with Gasteiger partial charge in [0.15, 0.2) is 0 Å². The van der Waals surface area contributed by atoms with E-state index < -0.39 is 17.6 Å². The lowest BCUT2D eigenvalue weighted by Crippen LogP contribution is -2.45. The van der Waals surface area contributed by atoms with Gasteiger partial charge in [0.25, 0.3) is 0 Å². The Balaban J connectivity index is 2.15. The summed E-state index contributed by atoms with van der Waals surface area (Å²) in [5.74, 6) is 0.00426. The molecule has 0 radical (unpaired) electrons. The number of nitrogens with one attached hydrogen (secondary N) is 1. The average Bonchev–Trinajstić information content (AvgIpc) is 2.77. The summed E-state index contributed by atoms with van der Waals surface area (Å²) in [6, 6.07) is 15.2. The largest absolute Gasteiger partial charge is 0.389 e. The number of anilines is 1. The second kappa shape index (κ2) is 6.90. The summed E-state index contributed by atoms with van der Waals surface area (Å²) in [5, 5.41) is 13.8. The van der Waals surface area contributed by atoms with Crippen molar-refractivity contribution in [3.8, 4) is 0 Å². The van der Waals surface area contributed by atoms with Crippen molar-refractivity contribution in [1.29, 1.82) is 0 Å². The van der Waals surface area contributed by atoms with Gasteiger partial charge in [0.2, 0.25) is 5.91 Å². The average molecular weight is 403 g/mol. The van der Waals surface area contributed by atoms with Crippen LogP contribution in [0.1, 0.15) is 31.0 Å². The Morgan fingerprint density at radius 2 is 1.88 bits per heavy atom. The number of likely N-dealkylation sites (N-methyl/N-ethyl adjacent to an activating group) is 1. The van der Waals surface area contributed by atoms with E-state index in [1.807, 2.05) is 62.4 Å². The smallest absolute Gasteiger partial charge is 0.237 e. The van der Waals surface area contributed by atoms with Crippen LogP contribution in [0.15, 0.2) is 53.0 Å². The lowest BCUT2D eigenvalue weighted by molar-refractivity contribution is -0.123. The van der Waals surface area contributed by atoms with Crippen LogP contribution in [0.25, 0.3) is 0 Å². The number of benzene rings is 2. The zero-order valence-corrected chi connectivity index (χ0v) is 16.2. The Kier molecular flexibility index (Phi) is 5.00. The molecule has 0 aromatic heterocycles. The first-order valence-electron chi connectivity index (χ1n) is 8.39. The standard InChI is InChI=1S/C20H23BrN2O2/c1-20(2)15-11-14(21)9-10-16(15)23(19(20)25)18(17(24)12-22-3)13-7-5-4-6-8-13/h4-11,17-18,22,24H,12H2,1-3H3. The zero-order chi connectivity index (χ0) is 18.2. The summed E-state index contributed by atoms with van der Waals surface area (Å²) in [6.07, 6.45) is -0.721. The van der Waals surface area contributed by atoms with Crippen LogP contribution >= 0.6 is 15.9 Å². The van der Waals surface area contributed by atoms with E-state index in [9.17, 15) is 9.90 Å². The highest BCUT2D eigenvalue weighted by atomic mass is 79.9. The van der Waals surface area contributed by atoms with Crippen molar-refractivity contribution in [2.24, 2.45) is 0 Å². The molecule has 2 unspecified atom stereocenters. The summed E-state index contributed by atoms with van der Waals surface area (Å²) < 4.78 is 0.945. The van der Waals surface area contributed by atoms with Gasteiger partial charge in [-0.1, -0.05) is 46.3 Å². The first-order valence-corrected chi connectivity index (χ1v) is 9.18. The third-order valence-corrected chi connectivity index (χ3v) is 5.34. The number of halogens is 1. The molecule has 2 atom stereocenters. The highest BCUT2D eigenvalue weighted by molar-refractivity contribution is 9.10. The van der Waals surface area contributed by atoms with E-state index in [2.05, 4.69) is 21.2 Å². The molecule has 2 N–H and O–H groups in total. The SMILES string of the molecule is CNCC(O)C(c1ccccc1)N1C(=O)C(C)(C)c2cc(Br)ccc21. The minimum Gasteiger partial charge on any atom is -0.389 e. The van der Waals surface area contributed by atoms with Gasteiger partial charge in [0, 0.05) is 16.7 Å². The van der Waals surface area contributed by atoms with E-state index in [0.717, 1.165) is 21.3 Å². The van der Waals surface area contributed by atoms with Gasteiger partial charge in [-0.3, -0.25) is 4.79 Å². The molecule has 1 aliphatic rings. The minimum atomic E-state index is -0.721. The molecule has 0 fully saturated rings. The summed E-state index contributed by atoms with van der Waals surface area (Å²) in [5.41, 5.74) is 2.13. The molecule has 4 nitrogen and oxygen atoms in total. The van der Waals surface area contributed by atoms with E-state index in [-0.39, 0.29) is 5.91 Å². The Bertz CT molecular complexity index is 777. The molecule has 1 heterocycles. The number of carbonyl (C=O) groups excluding carboxylic acids is 1. The predicted octanol–water partition coefficient (Wildman–Crippen LogP) is 3.39. The van der Waals surface area contributed by atoms with Gasteiger partial charge in [-0.2, -0.15) is 0 Å². The number of carbonyl (C=O) groups is 1. The summed E-state index contributed by atoms with van der Waals surface area (Å²) in [7, 11) is 1.80. The second-order valence-corrected chi connectivity index (χ2v) is 7.86. The molecule has 0 aliphatic carbocycles. The number of nitrogens with zero attached hydrogens (tertiary/aromatic N) is 1. The van der Waals surface area contributed by atoms with Gasteiger partial charge in [0.05, 0.1) is 17.6 Å². The Morgan fingerprint density at radius 1 is 1.20 bits per heavy atom. The fraction of sp³-hybridized carbons (Fsp3) is 0.350. The minimum absolute atomic E-state index is 0.00426. The molecule has 0 bridgehead atoms. The van der Waals surface area contributed by atoms with Gasteiger partial charge >= 0.3 is 0 Å². The number of hydrogen-bond acceptors (Lipinski definition) is 3. The monoisotopic (exact) mass is 402 g/mol. The number of hydrogen-bond donors (Lipinski definition) is 2. The molecule has 2 aromatic carbocycles. The Labute approximate surface area is 157 Å². The third kappa shape index (κ3) is 3.12. The van der Waals surface area contributed by atoms with Crippen molar-refractivity contribution in [1.82, 2.24) is 5.32 Å². The molecule has 0 saturated carbocycles. The molecule has 132 valence electrons.